The first-order valence-corrected chi connectivity index (χ1v) is 4.18. The highest BCUT2D eigenvalue weighted by Gasteiger charge is 2.14. The van der Waals surface area contributed by atoms with Gasteiger partial charge in [-0.2, -0.15) is 0 Å². The van der Waals surface area contributed by atoms with Crippen molar-refractivity contribution in [2.45, 2.75) is 20.1 Å². The summed E-state index contributed by atoms with van der Waals surface area (Å²) in [5, 5.41) is 0. The molecule has 4 heteroatoms. The van der Waals surface area contributed by atoms with E-state index in [0.29, 0.717) is 0 Å². The summed E-state index contributed by atoms with van der Waals surface area (Å²) in [7, 11) is 0. The van der Waals surface area contributed by atoms with Crippen LogP contribution in [0.25, 0.3) is 0 Å². The summed E-state index contributed by atoms with van der Waals surface area (Å²) in [6.07, 6.45) is 1.67. The molecule has 13 heavy (non-hydrogen) atoms. The van der Waals surface area contributed by atoms with Gasteiger partial charge in [-0.1, -0.05) is 0 Å². The van der Waals surface area contributed by atoms with Crippen molar-refractivity contribution in [1.82, 2.24) is 10.5 Å². The minimum atomic E-state index is -0.115. The number of amidine groups is 1. The van der Waals surface area contributed by atoms with Gasteiger partial charge in [-0.25, -0.2) is 15.3 Å². The van der Waals surface area contributed by atoms with Crippen LogP contribution in [0.15, 0.2) is 23.3 Å². The number of hydrogen-bond donors (Lipinski definition) is 1. The van der Waals surface area contributed by atoms with Crippen molar-refractivity contribution in [3.8, 4) is 0 Å². The van der Waals surface area contributed by atoms with Gasteiger partial charge in [0.1, 0.15) is 0 Å². The summed E-state index contributed by atoms with van der Waals surface area (Å²) in [5.74, 6) is 0.750. The van der Waals surface area contributed by atoms with Crippen LogP contribution in [-0.2, 0) is 4.84 Å². The predicted molar refractivity (Wildman–Crippen MR) is 49.2 cm³/mol. The van der Waals surface area contributed by atoms with Gasteiger partial charge in [0.05, 0.1) is 0 Å². The van der Waals surface area contributed by atoms with Crippen LogP contribution in [0.3, 0.4) is 0 Å². The minimum absolute atomic E-state index is 0.115. The fraction of sp³-hybridized carbons (Fsp3) is 0.333. The Morgan fingerprint density at radius 3 is 2.85 bits per heavy atom. The molecule has 1 atom stereocenters. The van der Waals surface area contributed by atoms with Crippen molar-refractivity contribution < 1.29 is 4.84 Å². The number of nitrogens with zero attached hydrogens (tertiary/aromatic N) is 2. The summed E-state index contributed by atoms with van der Waals surface area (Å²) in [6.45, 7) is 3.83. The van der Waals surface area contributed by atoms with Crippen LogP contribution in [0, 0.1) is 6.92 Å². The van der Waals surface area contributed by atoms with Crippen LogP contribution in [-0.4, -0.2) is 17.0 Å². The Bertz CT molecular complexity index is 331. The van der Waals surface area contributed by atoms with E-state index >= 15 is 0 Å². The van der Waals surface area contributed by atoms with Crippen LogP contribution in [0.4, 0.5) is 0 Å². The lowest BCUT2D eigenvalue weighted by molar-refractivity contribution is 0.0504. The van der Waals surface area contributed by atoms with E-state index in [2.05, 4.69) is 15.5 Å². The van der Waals surface area contributed by atoms with E-state index in [1.165, 1.54) is 0 Å². The largest absolute Gasteiger partial charge is 0.261 e. The number of hydroxylamine groups is 1. The molecule has 1 unspecified atom stereocenters. The normalized spacial score (nSPS) is 21.1. The molecule has 0 saturated heterocycles. The van der Waals surface area contributed by atoms with Crippen LogP contribution >= 0.6 is 0 Å². The second-order valence-electron chi connectivity index (χ2n) is 2.99. The van der Waals surface area contributed by atoms with Crippen LogP contribution in [0.5, 0.6) is 0 Å². The number of hydrogen-bond acceptors (Lipinski definition) is 4. The monoisotopic (exact) mass is 177 g/mol. The van der Waals surface area contributed by atoms with Crippen molar-refractivity contribution in [3.63, 3.8) is 0 Å². The smallest absolute Gasteiger partial charge is 0.174 e. The minimum Gasteiger partial charge on any atom is -0.261 e. The fourth-order valence-corrected chi connectivity index (χ4v) is 1.12. The number of pyridine rings is 1. The zero-order chi connectivity index (χ0) is 9.26. The Morgan fingerprint density at radius 1 is 1.46 bits per heavy atom. The maximum atomic E-state index is 5.07. The quantitative estimate of drug-likeness (QED) is 0.696. The first-order valence-electron chi connectivity index (χ1n) is 4.18. The lowest BCUT2D eigenvalue weighted by atomic mass is 10.2. The highest BCUT2D eigenvalue weighted by molar-refractivity contribution is 5.98. The topological polar surface area (TPSA) is 46.5 Å². The molecule has 1 aliphatic heterocycles. The van der Waals surface area contributed by atoms with E-state index in [1.807, 2.05) is 26.0 Å². The van der Waals surface area contributed by atoms with Crippen LogP contribution < -0.4 is 5.48 Å². The lowest BCUT2D eigenvalue weighted by Gasteiger charge is -2.00. The number of aryl methyl sites for hydroxylation is 1. The molecule has 0 radical (unpaired) electrons. The zero-order valence-corrected chi connectivity index (χ0v) is 7.61. The number of aromatic nitrogens is 1. The second-order valence-corrected chi connectivity index (χ2v) is 2.99. The van der Waals surface area contributed by atoms with Gasteiger partial charge in [0.25, 0.3) is 0 Å². The Morgan fingerprint density at radius 2 is 2.31 bits per heavy atom. The SMILES string of the molecule is Cc1ccc(C2=NC(C)ON2)cn1. The first-order chi connectivity index (χ1) is 6.25. The molecule has 0 amide bonds. The van der Waals surface area contributed by atoms with Crippen molar-refractivity contribution in [3.05, 3.63) is 29.6 Å². The standard InChI is InChI=1S/C9H11N3O/c1-6-3-4-8(5-10-6)9-11-7(2)13-12-9/h3-5,7H,1-2H3,(H,11,12). The molecule has 1 aliphatic rings. The third-order valence-electron chi connectivity index (χ3n) is 1.82. The molecule has 2 rings (SSSR count). The molecule has 0 saturated carbocycles. The Kier molecular flexibility index (Phi) is 1.98. The van der Waals surface area contributed by atoms with Gasteiger partial charge in [0.2, 0.25) is 0 Å². The van der Waals surface area contributed by atoms with Gasteiger partial charge in [-0.05, 0) is 26.0 Å². The van der Waals surface area contributed by atoms with Gasteiger partial charge in [0.15, 0.2) is 12.1 Å². The Labute approximate surface area is 76.6 Å². The van der Waals surface area contributed by atoms with Gasteiger partial charge in [-0.15, -0.1) is 0 Å². The molecule has 68 valence electrons. The molecular formula is C9H11N3O. The average Bonchev–Trinajstić information content (AvgIpc) is 2.53. The lowest BCUT2D eigenvalue weighted by Crippen LogP contribution is -2.18. The molecule has 0 bridgehead atoms. The molecule has 4 nitrogen and oxygen atoms in total. The van der Waals surface area contributed by atoms with Crippen molar-refractivity contribution in [2.75, 3.05) is 0 Å². The third kappa shape index (κ3) is 1.67. The molecule has 1 aromatic rings. The maximum absolute atomic E-state index is 5.07. The fourth-order valence-electron chi connectivity index (χ4n) is 1.12. The Hall–Kier alpha value is -1.42. The third-order valence-corrected chi connectivity index (χ3v) is 1.82. The van der Waals surface area contributed by atoms with Crippen LogP contribution in [0.1, 0.15) is 18.2 Å². The van der Waals surface area contributed by atoms with E-state index in [-0.39, 0.29) is 6.23 Å². The number of aliphatic imine (C=N–C) groups is 1. The molecule has 0 fully saturated rings. The van der Waals surface area contributed by atoms with Crippen molar-refractivity contribution in [2.24, 2.45) is 4.99 Å². The van der Waals surface area contributed by atoms with Gasteiger partial charge >= 0.3 is 0 Å². The summed E-state index contributed by atoms with van der Waals surface area (Å²) in [4.78, 5) is 13.5. The van der Waals surface area contributed by atoms with Gasteiger partial charge < -0.3 is 0 Å². The summed E-state index contributed by atoms with van der Waals surface area (Å²) in [6, 6.07) is 3.91. The van der Waals surface area contributed by atoms with E-state index < -0.39 is 0 Å². The first kappa shape index (κ1) is 8.19. The highest BCUT2D eigenvalue weighted by Crippen LogP contribution is 2.06. The molecule has 0 aliphatic carbocycles. The van der Waals surface area contributed by atoms with Gasteiger partial charge in [0, 0.05) is 17.5 Å². The molecule has 1 aromatic heterocycles. The van der Waals surface area contributed by atoms with E-state index in [1.54, 1.807) is 6.20 Å². The zero-order valence-electron chi connectivity index (χ0n) is 7.61. The molecule has 1 N–H and O–H groups in total. The highest BCUT2D eigenvalue weighted by atomic mass is 16.7. The van der Waals surface area contributed by atoms with E-state index in [9.17, 15) is 0 Å². The number of nitrogens with one attached hydrogen (secondary N) is 1. The summed E-state index contributed by atoms with van der Waals surface area (Å²) >= 11 is 0. The van der Waals surface area contributed by atoms with E-state index in [4.69, 9.17) is 4.84 Å². The van der Waals surface area contributed by atoms with Crippen molar-refractivity contribution in [1.29, 1.82) is 0 Å². The molecular weight excluding hydrogens is 166 g/mol. The number of rotatable bonds is 1. The Balaban J connectivity index is 2.26. The van der Waals surface area contributed by atoms with Crippen molar-refractivity contribution >= 4 is 5.84 Å². The average molecular weight is 177 g/mol. The van der Waals surface area contributed by atoms with E-state index in [0.717, 1.165) is 17.1 Å². The maximum Gasteiger partial charge on any atom is 0.174 e. The summed E-state index contributed by atoms with van der Waals surface area (Å²) in [5.41, 5.74) is 4.70. The second kappa shape index (κ2) is 3.14. The molecule has 0 spiro atoms. The molecule has 2 heterocycles. The summed E-state index contributed by atoms with van der Waals surface area (Å²) < 4.78 is 0. The van der Waals surface area contributed by atoms with Gasteiger partial charge in [-0.3, -0.25) is 4.98 Å². The predicted octanol–water partition coefficient (Wildman–Crippen LogP) is 1.02. The van der Waals surface area contributed by atoms with Crippen LogP contribution in [0.2, 0.25) is 0 Å². The molecule has 0 aromatic carbocycles.